The van der Waals surface area contributed by atoms with Gasteiger partial charge in [0.2, 0.25) is 5.88 Å². The fraction of sp³-hybridized carbons (Fsp3) is 0.364. The maximum atomic E-state index is 12.8. The highest BCUT2D eigenvalue weighted by Gasteiger charge is 2.28. The number of ether oxygens (including phenoxy) is 1. The van der Waals surface area contributed by atoms with E-state index in [1.54, 1.807) is 36.5 Å². The summed E-state index contributed by atoms with van der Waals surface area (Å²) in [6.45, 7) is 4.15. The van der Waals surface area contributed by atoms with Crippen molar-refractivity contribution in [1.29, 1.82) is 0 Å². The van der Waals surface area contributed by atoms with E-state index in [1.165, 1.54) is 5.57 Å². The predicted molar refractivity (Wildman–Crippen MR) is 112 cm³/mol. The molecule has 158 valence electrons. The summed E-state index contributed by atoms with van der Waals surface area (Å²) in [5, 5.41) is 20.7. The van der Waals surface area contributed by atoms with E-state index >= 15 is 0 Å². The minimum absolute atomic E-state index is 0. The molecule has 0 aliphatic heterocycles. The zero-order valence-corrected chi connectivity index (χ0v) is 17.0. The van der Waals surface area contributed by atoms with Crippen LogP contribution in [-0.4, -0.2) is 38.5 Å². The van der Waals surface area contributed by atoms with Gasteiger partial charge in [-0.05, 0) is 73.6 Å². The number of aromatic nitrogens is 3. The van der Waals surface area contributed by atoms with E-state index in [-0.39, 0.29) is 19.1 Å². The Morgan fingerprint density at radius 2 is 2.17 bits per heavy atom. The summed E-state index contributed by atoms with van der Waals surface area (Å²) in [4.78, 5) is 17.0. The Labute approximate surface area is 175 Å². The Hall–Kier alpha value is -3.26. The quantitative estimate of drug-likeness (QED) is 0.593. The second-order valence-corrected chi connectivity index (χ2v) is 8.04. The number of carbonyl (C=O) groups excluding carboxylic acids is 1. The highest BCUT2D eigenvalue weighted by Crippen LogP contribution is 2.31. The Balaban J connectivity index is 0.00000272. The minimum Gasteiger partial charge on any atom is -0.438 e. The lowest BCUT2D eigenvalue weighted by Crippen LogP contribution is -2.33. The summed E-state index contributed by atoms with van der Waals surface area (Å²) in [6.07, 6.45) is 6.27. The third kappa shape index (κ3) is 4.49. The van der Waals surface area contributed by atoms with Crippen molar-refractivity contribution in [3.63, 3.8) is 0 Å². The fourth-order valence-corrected chi connectivity index (χ4v) is 3.56. The maximum absolute atomic E-state index is 12.8. The number of nitrogens with one attached hydrogen (secondary N) is 1. The molecule has 8 nitrogen and oxygen atoms in total. The number of rotatable bonds is 6. The first-order valence-electron chi connectivity index (χ1n) is 9.94. The molecule has 8 heteroatoms. The molecule has 1 atom stereocenters. The summed E-state index contributed by atoms with van der Waals surface area (Å²) in [5.74, 6) is 0.685. The van der Waals surface area contributed by atoms with Gasteiger partial charge in [0.25, 0.3) is 5.91 Å². The van der Waals surface area contributed by atoms with E-state index in [0.29, 0.717) is 28.9 Å². The second-order valence-electron chi connectivity index (χ2n) is 8.04. The van der Waals surface area contributed by atoms with Crippen LogP contribution in [-0.2, 0) is 0 Å². The number of fused-ring (bicyclic) bond motifs is 1. The van der Waals surface area contributed by atoms with Gasteiger partial charge in [-0.25, -0.2) is 9.61 Å². The molecule has 2 heterocycles. The number of pyridine rings is 1. The molecule has 0 unspecified atom stereocenters. The minimum atomic E-state index is -0.682. The van der Waals surface area contributed by atoms with Crippen LogP contribution in [0.5, 0.6) is 11.6 Å². The molecule has 1 aliphatic rings. The molecule has 0 saturated carbocycles. The molecular weight excluding hydrogens is 384 g/mol. The van der Waals surface area contributed by atoms with E-state index < -0.39 is 5.60 Å². The van der Waals surface area contributed by atoms with Gasteiger partial charge >= 0.3 is 0 Å². The van der Waals surface area contributed by atoms with Gasteiger partial charge in [0, 0.05) is 20.2 Å². The Morgan fingerprint density at radius 3 is 2.93 bits per heavy atom. The number of amides is 1. The SMILES string of the molecule is CC(C)(O)[C@H]1CC=C(CNC(=O)c2cccnc2Oc2ccc3nonc3c2)CC1.[HH]. The van der Waals surface area contributed by atoms with Gasteiger partial charge in [-0.2, -0.15) is 0 Å². The van der Waals surface area contributed by atoms with E-state index in [9.17, 15) is 9.90 Å². The molecule has 0 fully saturated rings. The summed E-state index contributed by atoms with van der Waals surface area (Å²) in [5.41, 5.74) is 2.01. The zero-order valence-electron chi connectivity index (χ0n) is 17.0. The van der Waals surface area contributed by atoms with Crippen LogP contribution >= 0.6 is 0 Å². The summed E-state index contributed by atoms with van der Waals surface area (Å²) >= 11 is 0. The standard InChI is InChI=1S/C22H24N4O4.H2/c1-22(2,28)15-7-5-14(6-8-15)13-24-20(27)17-4-3-11-23-21(17)29-16-9-10-18-19(12-16)26-30-25-18;/h3-5,9-12,15,28H,6-8,13H2,1-2H3,(H,24,27);1H/t15-;/m0./s1. The van der Waals surface area contributed by atoms with Gasteiger partial charge < -0.3 is 15.2 Å². The van der Waals surface area contributed by atoms with Crippen LogP contribution in [0.3, 0.4) is 0 Å². The van der Waals surface area contributed by atoms with Crippen molar-refractivity contribution < 1.29 is 20.7 Å². The molecule has 2 N–H and O–H groups in total. The summed E-state index contributed by atoms with van der Waals surface area (Å²) in [7, 11) is 0. The van der Waals surface area contributed by atoms with Crippen molar-refractivity contribution in [3.8, 4) is 11.6 Å². The third-order valence-corrected chi connectivity index (χ3v) is 5.44. The lowest BCUT2D eigenvalue weighted by atomic mass is 9.79. The molecule has 1 aliphatic carbocycles. The fourth-order valence-electron chi connectivity index (χ4n) is 3.56. The van der Waals surface area contributed by atoms with Crippen molar-refractivity contribution >= 4 is 16.9 Å². The summed E-state index contributed by atoms with van der Waals surface area (Å²) in [6, 6.07) is 8.48. The van der Waals surface area contributed by atoms with Crippen LogP contribution in [0, 0.1) is 5.92 Å². The maximum Gasteiger partial charge on any atom is 0.257 e. The van der Waals surface area contributed by atoms with Gasteiger partial charge in [0.05, 0.1) is 5.60 Å². The van der Waals surface area contributed by atoms with Gasteiger partial charge in [-0.15, -0.1) is 0 Å². The lowest BCUT2D eigenvalue weighted by Gasteiger charge is -2.32. The molecule has 30 heavy (non-hydrogen) atoms. The highest BCUT2D eigenvalue weighted by atomic mass is 16.6. The first kappa shape index (κ1) is 20.0. The van der Waals surface area contributed by atoms with Crippen molar-refractivity contribution in [2.24, 2.45) is 5.92 Å². The van der Waals surface area contributed by atoms with Crippen LogP contribution in [0.2, 0.25) is 0 Å². The van der Waals surface area contributed by atoms with Crippen molar-refractivity contribution in [2.75, 3.05) is 6.54 Å². The largest absolute Gasteiger partial charge is 0.438 e. The molecule has 1 amide bonds. The molecule has 0 saturated heterocycles. The van der Waals surface area contributed by atoms with Crippen molar-refractivity contribution in [1.82, 2.24) is 20.6 Å². The normalized spacial score (nSPS) is 16.9. The average molecular weight is 410 g/mol. The molecule has 4 rings (SSSR count). The zero-order chi connectivity index (χ0) is 21.1. The number of allylic oxidation sites excluding steroid dienone is 1. The predicted octanol–water partition coefficient (Wildman–Crippen LogP) is 3.88. The number of benzene rings is 1. The number of aliphatic hydroxyl groups is 1. The third-order valence-electron chi connectivity index (χ3n) is 5.44. The molecule has 0 spiro atoms. The smallest absolute Gasteiger partial charge is 0.257 e. The van der Waals surface area contributed by atoms with E-state index in [1.807, 2.05) is 13.8 Å². The number of nitrogens with zero attached hydrogens (tertiary/aromatic N) is 3. The first-order valence-corrected chi connectivity index (χ1v) is 9.94. The van der Waals surface area contributed by atoms with Crippen LogP contribution in [0.25, 0.3) is 11.0 Å². The van der Waals surface area contributed by atoms with Crippen LogP contribution in [0.15, 0.2) is 52.8 Å². The molecule has 3 aromatic rings. The molecular formula is C22H26N4O4. The van der Waals surface area contributed by atoms with Gasteiger partial charge in [-0.1, -0.05) is 11.6 Å². The lowest BCUT2D eigenvalue weighted by molar-refractivity contribution is 0.0125. The first-order chi connectivity index (χ1) is 14.4. The van der Waals surface area contributed by atoms with Crippen molar-refractivity contribution in [2.45, 2.75) is 38.7 Å². The van der Waals surface area contributed by atoms with E-state index in [2.05, 4.69) is 26.7 Å². The molecule has 0 radical (unpaired) electrons. The van der Waals surface area contributed by atoms with Gasteiger partial charge in [0.1, 0.15) is 22.3 Å². The Bertz CT molecular complexity index is 1090. The van der Waals surface area contributed by atoms with Crippen LogP contribution in [0.4, 0.5) is 0 Å². The number of carbonyl (C=O) groups is 1. The summed E-state index contributed by atoms with van der Waals surface area (Å²) < 4.78 is 10.5. The van der Waals surface area contributed by atoms with Crippen LogP contribution < -0.4 is 10.1 Å². The van der Waals surface area contributed by atoms with Crippen LogP contribution in [0.1, 0.15) is 44.9 Å². The second kappa shape index (κ2) is 8.23. The Morgan fingerprint density at radius 1 is 1.33 bits per heavy atom. The molecule has 1 aromatic carbocycles. The molecule has 2 aromatic heterocycles. The number of hydrogen-bond acceptors (Lipinski definition) is 7. The van der Waals surface area contributed by atoms with E-state index in [4.69, 9.17) is 9.37 Å². The van der Waals surface area contributed by atoms with E-state index in [0.717, 1.165) is 19.3 Å². The van der Waals surface area contributed by atoms with Crippen molar-refractivity contribution in [3.05, 3.63) is 53.7 Å². The highest BCUT2D eigenvalue weighted by molar-refractivity contribution is 5.96. The van der Waals surface area contributed by atoms with Gasteiger partial charge in [0.15, 0.2) is 0 Å². The topological polar surface area (TPSA) is 110 Å². The van der Waals surface area contributed by atoms with Gasteiger partial charge in [-0.3, -0.25) is 4.79 Å². The molecule has 0 bridgehead atoms. The monoisotopic (exact) mass is 410 g/mol. The Kier molecular flexibility index (Phi) is 5.50. The average Bonchev–Trinajstić information content (AvgIpc) is 3.20. The number of hydrogen-bond donors (Lipinski definition) is 2.